The minimum atomic E-state index is -0.447. The number of benzene rings is 1. The number of nitrogens with one attached hydrogen (secondary N) is 1. The number of hydrogen-bond donors (Lipinski definition) is 1. The quantitative estimate of drug-likeness (QED) is 0.499. The number of amides is 1. The Labute approximate surface area is 215 Å². The Morgan fingerprint density at radius 1 is 1.19 bits per heavy atom. The number of allylic oxidation sites excluding steroid dienone is 4. The molecular formula is C28H33N5O4. The predicted octanol–water partition coefficient (Wildman–Crippen LogP) is 3.80. The molecule has 194 valence electrons. The zero-order valence-corrected chi connectivity index (χ0v) is 21.4. The molecule has 2 aliphatic rings. The normalized spacial score (nSPS) is 16.9. The molecule has 0 spiro atoms. The van der Waals surface area contributed by atoms with Gasteiger partial charge in [0.15, 0.2) is 5.58 Å². The van der Waals surface area contributed by atoms with Crippen LogP contribution in [-0.2, 0) is 6.54 Å². The fourth-order valence-corrected chi connectivity index (χ4v) is 4.78. The number of ether oxygens (including phenoxy) is 1. The third kappa shape index (κ3) is 5.83. The molecule has 0 atom stereocenters. The van der Waals surface area contributed by atoms with Crippen molar-refractivity contribution >= 4 is 22.6 Å². The van der Waals surface area contributed by atoms with Gasteiger partial charge in [0, 0.05) is 31.3 Å². The molecule has 0 bridgehead atoms. The summed E-state index contributed by atoms with van der Waals surface area (Å²) in [6, 6.07) is 8.91. The average Bonchev–Trinajstić information content (AvgIpc) is 3.23. The SMILES string of the molecule is CCCNC(=O)c1ccc2oc(=O)n(CC3=CCCC(c4ccc(OC5CCN(C)CC5)nn4)=C3)c2c1. The standard InChI is InChI=1S/C28H33N5O4/c1-3-13-29-27(34)21-7-9-25-24(17-21)33(28(35)37-25)18-19-5-4-6-20(16-19)23-8-10-26(31-30-23)36-22-11-14-32(2)15-12-22/h5,7-10,16-17,22H,3-4,6,11-15,18H2,1-2H3,(H,29,34). The summed E-state index contributed by atoms with van der Waals surface area (Å²) < 4.78 is 13.0. The van der Waals surface area contributed by atoms with Crippen LogP contribution in [0, 0.1) is 0 Å². The van der Waals surface area contributed by atoms with E-state index in [1.807, 2.05) is 19.1 Å². The lowest BCUT2D eigenvalue weighted by Gasteiger charge is -2.28. The maximum atomic E-state index is 12.6. The number of fused-ring (bicyclic) bond motifs is 1. The highest BCUT2D eigenvalue weighted by Crippen LogP contribution is 2.27. The van der Waals surface area contributed by atoms with E-state index in [0.29, 0.717) is 35.6 Å². The van der Waals surface area contributed by atoms with Crippen molar-refractivity contribution in [3.63, 3.8) is 0 Å². The van der Waals surface area contributed by atoms with Crippen molar-refractivity contribution in [3.05, 3.63) is 69.9 Å². The van der Waals surface area contributed by atoms with Crippen LogP contribution in [0.1, 0.15) is 55.1 Å². The zero-order valence-electron chi connectivity index (χ0n) is 21.4. The van der Waals surface area contributed by atoms with Crippen molar-refractivity contribution in [1.82, 2.24) is 25.0 Å². The summed E-state index contributed by atoms with van der Waals surface area (Å²) in [5.74, 6) is -0.0525. The van der Waals surface area contributed by atoms with Gasteiger partial charge in [-0.15, -0.1) is 10.2 Å². The summed E-state index contributed by atoms with van der Waals surface area (Å²) in [7, 11) is 2.13. The van der Waals surface area contributed by atoms with Gasteiger partial charge in [0.05, 0.1) is 17.8 Å². The second kappa shape index (κ2) is 11.1. The largest absolute Gasteiger partial charge is 0.473 e. The van der Waals surface area contributed by atoms with E-state index in [4.69, 9.17) is 9.15 Å². The van der Waals surface area contributed by atoms with Crippen molar-refractivity contribution < 1.29 is 13.9 Å². The first-order valence-electron chi connectivity index (χ1n) is 13.0. The van der Waals surface area contributed by atoms with E-state index in [9.17, 15) is 9.59 Å². The minimum absolute atomic E-state index is 0.162. The van der Waals surface area contributed by atoms with E-state index in [0.717, 1.165) is 62.0 Å². The lowest BCUT2D eigenvalue weighted by molar-refractivity contribution is 0.0953. The number of likely N-dealkylation sites (tertiary alicyclic amines) is 1. The van der Waals surface area contributed by atoms with Crippen molar-refractivity contribution in [3.8, 4) is 5.88 Å². The second-order valence-corrected chi connectivity index (χ2v) is 9.76. The molecule has 1 aliphatic carbocycles. The van der Waals surface area contributed by atoms with Crippen LogP contribution in [0.5, 0.6) is 5.88 Å². The molecule has 3 heterocycles. The molecule has 9 nitrogen and oxygen atoms in total. The summed E-state index contributed by atoms with van der Waals surface area (Å²) in [5.41, 5.74) is 4.42. The van der Waals surface area contributed by atoms with Gasteiger partial charge in [-0.1, -0.05) is 19.1 Å². The molecule has 0 saturated carbocycles. The van der Waals surface area contributed by atoms with Crippen LogP contribution in [0.4, 0.5) is 0 Å². The van der Waals surface area contributed by atoms with Gasteiger partial charge < -0.3 is 19.4 Å². The van der Waals surface area contributed by atoms with Crippen molar-refractivity contribution in [2.24, 2.45) is 0 Å². The van der Waals surface area contributed by atoms with E-state index < -0.39 is 5.76 Å². The Morgan fingerprint density at radius 2 is 2.03 bits per heavy atom. The van der Waals surface area contributed by atoms with E-state index >= 15 is 0 Å². The van der Waals surface area contributed by atoms with Crippen molar-refractivity contribution in [2.45, 2.75) is 51.7 Å². The third-order valence-corrected chi connectivity index (χ3v) is 6.91. The van der Waals surface area contributed by atoms with Crippen LogP contribution >= 0.6 is 0 Å². The lowest BCUT2D eigenvalue weighted by Crippen LogP contribution is -2.35. The number of rotatable bonds is 8. The monoisotopic (exact) mass is 503 g/mol. The highest BCUT2D eigenvalue weighted by molar-refractivity contribution is 5.97. The maximum absolute atomic E-state index is 12.6. The van der Waals surface area contributed by atoms with Gasteiger partial charge in [-0.25, -0.2) is 4.79 Å². The highest BCUT2D eigenvalue weighted by atomic mass is 16.5. The molecule has 0 unspecified atom stereocenters. The first-order chi connectivity index (χ1) is 18.0. The van der Waals surface area contributed by atoms with Gasteiger partial charge in [0.2, 0.25) is 5.88 Å². The van der Waals surface area contributed by atoms with Crippen LogP contribution in [-0.4, -0.2) is 58.4 Å². The Morgan fingerprint density at radius 3 is 2.78 bits per heavy atom. The molecule has 3 aromatic rings. The molecule has 1 amide bonds. The van der Waals surface area contributed by atoms with Gasteiger partial charge in [-0.05, 0) is 74.6 Å². The van der Waals surface area contributed by atoms with Crippen LogP contribution in [0.25, 0.3) is 16.7 Å². The minimum Gasteiger partial charge on any atom is -0.473 e. The molecule has 1 fully saturated rings. The van der Waals surface area contributed by atoms with E-state index in [2.05, 4.69) is 39.6 Å². The summed E-state index contributed by atoms with van der Waals surface area (Å²) >= 11 is 0. The molecule has 5 rings (SSSR count). The zero-order chi connectivity index (χ0) is 25.8. The van der Waals surface area contributed by atoms with E-state index in [-0.39, 0.29) is 12.0 Å². The number of carbonyl (C=O) groups is 1. The second-order valence-electron chi connectivity index (χ2n) is 9.76. The average molecular weight is 504 g/mol. The van der Waals surface area contributed by atoms with Crippen molar-refractivity contribution in [2.75, 3.05) is 26.7 Å². The molecule has 1 N–H and O–H groups in total. The highest BCUT2D eigenvalue weighted by Gasteiger charge is 2.19. The fraction of sp³-hybridized carbons (Fsp3) is 0.429. The number of aromatic nitrogens is 3. The summed E-state index contributed by atoms with van der Waals surface area (Å²) in [6.07, 6.45) is 8.89. The van der Waals surface area contributed by atoms with Gasteiger partial charge in [0.25, 0.3) is 5.91 Å². The van der Waals surface area contributed by atoms with Crippen LogP contribution in [0.3, 0.4) is 0 Å². The molecule has 2 aromatic heterocycles. The van der Waals surface area contributed by atoms with E-state index in [1.54, 1.807) is 22.8 Å². The third-order valence-electron chi connectivity index (χ3n) is 6.91. The molecule has 1 aromatic carbocycles. The van der Waals surface area contributed by atoms with Crippen LogP contribution in [0.15, 0.2) is 57.3 Å². The molecule has 9 heteroatoms. The van der Waals surface area contributed by atoms with Gasteiger partial charge in [-0.3, -0.25) is 9.36 Å². The topological polar surface area (TPSA) is 102 Å². The maximum Gasteiger partial charge on any atom is 0.420 e. The summed E-state index contributed by atoms with van der Waals surface area (Å²) in [6.45, 7) is 5.01. The molecular weight excluding hydrogens is 470 g/mol. The Kier molecular flexibility index (Phi) is 7.50. The Balaban J connectivity index is 1.31. The van der Waals surface area contributed by atoms with Crippen molar-refractivity contribution in [1.29, 1.82) is 0 Å². The predicted molar refractivity (Wildman–Crippen MR) is 142 cm³/mol. The number of oxazole rings is 1. The summed E-state index contributed by atoms with van der Waals surface area (Å²) in [5, 5.41) is 11.6. The van der Waals surface area contributed by atoms with Gasteiger partial charge in [-0.2, -0.15) is 0 Å². The molecule has 1 aliphatic heterocycles. The molecule has 0 radical (unpaired) electrons. The number of carbonyl (C=O) groups excluding carboxylic acids is 1. The van der Waals surface area contributed by atoms with Gasteiger partial charge >= 0.3 is 5.76 Å². The summed E-state index contributed by atoms with van der Waals surface area (Å²) in [4.78, 5) is 27.4. The smallest absolute Gasteiger partial charge is 0.420 e. The Bertz CT molecular complexity index is 1380. The number of hydrogen-bond acceptors (Lipinski definition) is 7. The first kappa shape index (κ1) is 25.0. The van der Waals surface area contributed by atoms with Crippen LogP contribution in [0.2, 0.25) is 0 Å². The number of nitrogens with zero attached hydrogens (tertiary/aromatic N) is 4. The Hall–Kier alpha value is -3.72. The fourth-order valence-electron chi connectivity index (χ4n) is 4.78. The number of piperidine rings is 1. The first-order valence-corrected chi connectivity index (χ1v) is 13.0. The van der Waals surface area contributed by atoms with E-state index in [1.165, 1.54) is 0 Å². The molecule has 37 heavy (non-hydrogen) atoms. The van der Waals surface area contributed by atoms with Crippen LogP contribution < -0.4 is 15.8 Å². The molecule has 1 saturated heterocycles. The van der Waals surface area contributed by atoms with Gasteiger partial charge in [0.1, 0.15) is 6.10 Å². The lowest BCUT2D eigenvalue weighted by atomic mass is 9.97.